The van der Waals surface area contributed by atoms with Gasteiger partial charge in [0.25, 0.3) is 5.82 Å². The first kappa shape index (κ1) is 12.4. The second-order valence-corrected chi connectivity index (χ2v) is 5.82. The first-order chi connectivity index (χ1) is 10.3. The zero-order chi connectivity index (χ0) is 14.4. The van der Waals surface area contributed by atoms with Gasteiger partial charge in [-0.05, 0) is 24.8 Å². The summed E-state index contributed by atoms with van der Waals surface area (Å²) in [5.74, 6) is 0.132. The van der Waals surface area contributed by atoms with Crippen LogP contribution >= 0.6 is 11.3 Å². The smallest absolute Gasteiger partial charge is 0.377 e. The third kappa shape index (κ3) is 1.83. The van der Waals surface area contributed by atoms with E-state index in [-0.39, 0.29) is 5.82 Å². The van der Waals surface area contributed by atoms with Crippen molar-refractivity contribution in [1.82, 2.24) is 24.7 Å². The standard InChI is InChI=1S/C13H11N5O2S/c1-20-13(19)10-16-6-18(17-10)11-9-7-3-2-4-8(7)21-12(9)15-5-14-11/h5-6H,2-4H2,1H3. The van der Waals surface area contributed by atoms with Crippen molar-refractivity contribution in [2.75, 3.05) is 7.11 Å². The zero-order valence-corrected chi connectivity index (χ0v) is 12.1. The molecule has 1 aliphatic carbocycles. The second kappa shape index (κ2) is 4.59. The summed E-state index contributed by atoms with van der Waals surface area (Å²) >= 11 is 1.71. The van der Waals surface area contributed by atoms with Crippen LogP contribution in [-0.2, 0) is 17.6 Å². The average Bonchev–Trinajstić information content (AvgIpc) is 3.20. The van der Waals surface area contributed by atoms with Crippen LogP contribution in [0.3, 0.4) is 0 Å². The maximum absolute atomic E-state index is 11.5. The summed E-state index contributed by atoms with van der Waals surface area (Å²) < 4.78 is 6.14. The van der Waals surface area contributed by atoms with Gasteiger partial charge in [0.05, 0.1) is 12.5 Å². The fourth-order valence-corrected chi connectivity index (χ4v) is 3.86. The zero-order valence-electron chi connectivity index (χ0n) is 11.2. The third-order valence-electron chi connectivity index (χ3n) is 3.56. The Labute approximate surface area is 123 Å². The summed E-state index contributed by atoms with van der Waals surface area (Å²) in [6, 6.07) is 0. The van der Waals surface area contributed by atoms with Crippen LogP contribution in [0.15, 0.2) is 12.7 Å². The van der Waals surface area contributed by atoms with E-state index in [2.05, 4.69) is 24.8 Å². The lowest BCUT2D eigenvalue weighted by Crippen LogP contribution is -2.06. The molecule has 0 fully saturated rings. The highest BCUT2D eigenvalue weighted by Crippen LogP contribution is 2.38. The number of ether oxygens (including phenoxy) is 1. The van der Waals surface area contributed by atoms with Crippen molar-refractivity contribution in [3.63, 3.8) is 0 Å². The van der Waals surface area contributed by atoms with Gasteiger partial charge in [-0.3, -0.25) is 0 Å². The van der Waals surface area contributed by atoms with Gasteiger partial charge >= 0.3 is 5.97 Å². The highest BCUT2D eigenvalue weighted by molar-refractivity contribution is 7.19. The number of nitrogens with zero attached hydrogens (tertiary/aromatic N) is 5. The lowest BCUT2D eigenvalue weighted by atomic mass is 10.2. The van der Waals surface area contributed by atoms with Gasteiger partial charge in [0.15, 0.2) is 5.82 Å². The molecule has 4 rings (SSSR count). The molecule has 106 valence electrons. The monoisotopic (exact) mass is 301 g/mol. The van der Waals surface area contributed by atoms with E-state index in [9.17, 15) is 4.79 Å². The molecule has 0 saturated heterocycles. The van der Waals surface area contributed by atoms with E-state index in [4.69, 9.17) is 0 Å². The van der Waals surface area contributed by atoms with Gasteiger partial charge in [0.2, 0.25) is 0 Å². The van der Waals surface area contributed by atoms with E-state index in [1.807, 2.05) is 0 Å². The summed E-state index contributed by atoms with van der Waals surface area (Å²) in [5, 5.41) is 5.18. The lowest BCUT2D eigenvalue weighted by molar-refractivity contribution is 0.0587. The molecule has 0 N–H and O–H groups in total. The number of aryl methyl sites for hydroxylation is 2. The maximum atomic E-state index is 11.5. The number of fused-ring (bicyclic) bond motifs is 3. The molecule has 0 unspecified atom stereocenters. The summed E-state index contributed by atoms with van der Waals surface area (Å²) in [7, 11) is 1.30. The first-order valence-corrected chi connectivity index (χ1v) is 7.35. The van der Waals surface area contributed by atoms with Crippen molar-refractivity contribution in [1.29, 1.82) is 0 Å². The lowest BCUT2D eigenvalue weighted by Gasteiger charge is -2.02. The molecule has 21 heavy (non-hydrogen) atoms. The number of rotatable bonds is 2. The summed E-state index contributed by atoms with van der Waals surface area (Å²) in [6.07, 6.45) is 6.29. The Balaban J connectivity index is 1.90. The fraction of sp³-hybridized carbons (Fsp3) is 0.308. The Kier molecular flexibility index (Phi) is 2.71. The minimum absolute atomic E-state index is 0.0242. The molecule has 0 spiro atoms. The van der Waals surface area contributed by atoms with E-state index in [1.54, 1.807) is 11.3 Å². The Bertz CT molecular complexity index is 853. The van der Waals surface area contributed by atoms with Gasteiger partial charge in [-0.2, -0.15) is 0 Å². The van der Waals surface area contributed by atoms with Crippen molar-refractivity contribution >= 4 is 27.5 Å². The van der Waals surface area contributed by atoms with Crippen molar-refractivity contribution in [3.8, 4) is 5.82 Å². The molecule has 1 aliphatic rings. The molecule has 3 aromatic heterocycles. The molecule has 3 aromatic rings. The van der Waals surface area contributed by atoms with Gasteiger partial charge in [-0.15, -0.1) is 16.4 Å². The van der Waals surface area contributed by atoms with Crippen LogP contribution in [0.1, 0.15) is 27.5 Å². The van der Waals surface area contributed by atoms with Crippen molar-refractivity contribution in [3.05, 3.63) is 28.9 Å². The van der Waals surface area contributed by atoms with Gasteiger partial charge in [0, 0.05) is 4.88 Å². The third-order valence-corrected chi connectivity index (χ3v) is 4.76. The van der Waals surface area contributed by atoms with Crippen LogP contribution in [0.25, 0.3) is 16.0 Å². The van der Waals surface area contributed by atoms with Crippen molar-refractivity contribution < 1.29 is 9.53 Å². The first-order valence-electron chi connectivity index (χ1n) is 6.53. The second-order valence-electron chi connectivity index (χ2n) is 4.74. The highest BCUT2D eigenvalue weighted by atomic mass is 32.1. The molecule has 0 aliphatic heterocycles. The summed E-state index contributed by atoms with van der Waals surface area (Å²) in [4.78, 5) is 26.4. The van der Waals surface area contributed by atoms with E-state index in [0.717, 1.165) is 29.5 Å². The number of hydrogen-bond acceptors (Lipinski definition) is 7. The number of carbonyl (C=O) groups is 1. The van der Waals surface area contributed by atoms with Gasteiger partial charge in [0.1, 0.15) is 17.5 Å². The largest absolute Gasteiger partial charge is 0.463 e. The molecule has 0 radical (unpaired) electrons. The normalized spacial score (nSPS) is 13.6. The number of methoxy groups -OCH3 is 1. The number of thiophene rings is 1. The topological polar surface area (TPSA) is 82.8 Å². The number of hydrogen-bond donors (Lipinski definition) is 0. The predicted molar refractivity (Wildman–Crippen MR) is 75.7 cm³/mol. The van der Waals surface area contributed by atoms with Crippen LogP contribution < -0.4 is 0 Å². The van der Waals surface area contributed by atoms with Crippen LogP contribution in [0.2, 0.25) is 0 Å². The average molecular weight is 301 g/mol. The Hall–Kier alpha value is -2.35. The Morgan fingerprint density at radius 1 is 1.33 bits per heavy atom. The van der Waals surface area contributed by atoms with Crippen LogP contribution in [-0.4, -0.2) is 37.8 Å². The summed E-state index contributed by atoms with van der Waals surface area (Å²) in [6.45, 7) is 0. The molecule has 0 amide bonds. The minimum atomic E-state index is -0.561. The van der Waals surface area contributed by atoms with E-state index < -0.39 is 5.97 Å². The van der Waals surface area contributed by atoms with Crippen molar-refractivity contribution in [2.24, 2.45) is 0 Å². The van der Waals surface area contributed by atoms with Crippen LogP contribution in [0, 0.1) is 0 Å². The molecule has 0 atom stereocenters. The molecule has 0 saturated carbocycles. The SMILES string of the molecule is COC(=O)c1ncn(-c2ncnc3sc4c(c23)CCC4)n1. The maximum Gasteiger partial charge on any atom is 0.377 e. The van der Waals surface area contributed by atoms with Gasteiger partial charge < -0.3 is 4.74 Å². The quantitative estimate of drug-likeness (QED) is 0.668. The van der Waals surface area contributed by atoms with Crippen LogP contribution in [0.4, 0.5) is 0 Å². The molecular formula is C13H11N5O2S. The van der Waals surface area contributed by atoms with Crippen LogP contribution in [0.5, 0.6) is 0 Å². The minimum Gasteiger partial charge on any atom is -0.463 e. The molecular weight excluding hydrogens is 290 g/mol. The summed E-state index contributed by atoms with van der Waals surface area (Å²) in [5.41, 5.74) is 1.31. The van der Waals surface area contributed by atoms with E-state index >= 15 is 0 Å². The predicted octanol–water partition coefficient (Wildman–Crippen LogP) is 1.55. The highest BCUT2D eigenvalue weighted by Gasteiger charge is 2.23. The molecule has 0 bridgehead atoms. The molecule has 0 aromatic carbocycles. The fourth-order valence-electron chi connectivity index (χ4n) is 2.64. The number of esters is 1. The van der Waals surface area contributed by atoms with E-state index in [1.165, 1.54) is 34.9 Å². The van der Waals surface area contributed by atoms with Gasteiger partial charge in [-0.25, -0.2) is 24.4 Å². The Morgan fingerprint density at radius 3 is 3.10 bits per heavy atom. The number of carbonyl (C=O) groups excluding carboxylic acids is 1. The molecule has 8 heteroatoms. The van der Waals surface area contributed by atoms with E-state index in [0.29, 0.717) is 5.82 Å². The molecule has 7 nitrogen and oxygen atoms in total. The van der Waals surface area contributed by atoms with Gasteiger partial charge in [-0.1, -0.05) is 0 Å². The molecule has 3 heterocycles. The Morgan fingerprint density at radius 2 is 2.24 bits per heavy atom. The number of aromatic nitrogens is 5. The van der Waals surface area contributed by atoms with Crippen molar-refractivity contribution in [2.45, 2.75) is 19.3 Å².